The van der Waals surface area contributed by atoms with Gasteiger partial charge in [-0.1, -0.05) is 0 Å². The van der Waals surface area contributed by atoms with Gasteiger partial charge in [-0.15, -0.1) is 12.4 Å². The first-order valence-electron chi connectivity index (χ1n) is 8.70. The summed E-state index contributed by atoms with van der Waals surface area (Å²) >= 11 is 0. The minimum Gasteiger partial charge on any atom is -0.383 e. The molecule has 0 saturated carbocycles. The maximum Gasteiger partial charge on any atom is 0.255 e. The number of carbonyl (C=O) groups excluding carboxylic acids is 1. The molecule has 0 atom stereocenters. The molecule has 1 saturated heterocycles. The SMILES string of the molecule is Cl.N#Cc1ccc(C(=O)N2CCC3(CC2)N=C(N)c2c(F)ccc(F)c2N3)cn1. The number of likely N-dealkylation sites (tertiary alicyclic amines) is 1. The van der Waals surface area contributed by atoms with Crippen LogP contribution in [0.4, 0.5) is 14.5 Å². The van der Waals surface area contributed by atoms with E-state index < -0.39 is 17.3 Å². The van der Waals surface area contributed by atoms with E-state index in [1.165, 1.54) is 12.3 Å². The van der Waals surface area contributed by atoms with Crippen LogP contribution in [0.5, 0.6) is 0 Å². The van der Waals surface area contributed by atoms with Crippen molar-refractivity contribution in [3.63, 3.8) is 0 Å². The number of hydrogen-bond donors (Lipinski definition) is 2. The van der Waals surface area contributed by atoms with Gasteiger partial charge >= 0.3 is 0 Å². The van der Waals surface area contributed by atoms with Crippen molar-refractivity contribution >= 4 is 29.8 Å². The van der Waals surface area contributed by atoms with Crippen molar-refractivity contribution in [1.82, 2.24) is 9.88 Å². The quantitative estimate of drug-likeness (QED) is 0.739. The van der Waals surface area contributed by atoms with Crippen LogP contribution >= 0.6 is 12.4 Å². The predicted octanol–water partition coefficient (Wildman–Crippen LogP) is 2.42. The molecule has 7 nitrogen and oxygen atoms in total. The summed E-state index contributed by atoms with van der Waals surface area (Å²) in [6, 6.07) is 7.01. The second-order valence-corrected chi connectivity index (χ2v) is 6.77. The van der Waals surface area contributed by atoms with Gasteiger partial charge in [-0.25, -0.2) is 18.8 Å². The molecule has 1 aromatic carbocycles. The van der Waals surface area contributed by atoms with Crippen molar-refractivity contribution in [3.05, 3.63) is 58.9 Å². The first-order valence-corrected chi connectivity index (χ1v) is 8.70. The highest BCUT2D eigenvalue weighted by Crippen LogP contribution is 2.36. The molecule has 4 rings (SSSR count). The zero-order valence-electron chi connectivity index (χ0n) is 15.2. The molecule has 150 valence electrons. The lowest BCUT2D eigenvalue weighted by Crippen LogP contribution is -2.52. The monoisotopic (exact) mass is 418 g/mol. The van der Waals surface area contributed by atoms with Crippen molar-refractivity contribution in [3.8, 4) is 6.07 Å². The van der Waals surface area contributed by atoms with E-state index >= 15 is 0 Å². The number of aromatic nitrogens is 1. The van der Waals surface area contributed by atoms with Crippen molar-refractivity contribution in [2.45, 2.75) is 18.5 Å². The number of nitrogens with one attached hydrogen (secondary N) is 1. The Balaban J connectivity index is 0.00000240. The molecule has 2 aliphatic heterocycles. The van der Waals surface area contributed by atoms with Crippen LogP contribution in [0.1, 0.15) is 34.5 Å². The normalized spacial score (nSPS) is 16.7. The van der Waals surface area contributed by atoms with Crippen LogP contribution in [0.15, 0.2) is 35.5 Å². The van der Waals surface area contributed by atoms with E-state index in [0.29, 0.717) is 31.5 Å². The summed E-state index contributed by atoms with van der Waals surface area (Å²) in [6.07, 6.45) is 2.14. The molecule has 0 unspecified atom stereocenters. The lowest BCUT2D eigenvalue weighted by Gasteiger charge is -2.42. The van der Waals surface area contributed by atoms with E-state index in [9.17, 15) is 13.6 Å². The van der Waals surface area contributed by atoms with E-state index in [0.717, 1.165) is 12.1 Å². The fraction of sp³-hybridized carbons (Fsp3) is 0.263. The Morgan fingerprint density at radius 3 is 2.52 bits per heavy atom. The molecule has 3 heterocycles. The van der Waals surface area contributed by atoms with Crippen molar-refractivity contribution in [2.75, 3.05) is 18.4 Å². The molecule has 29 heavy (non-hydrogen) atoms. The van der Waals surface area contributed by atoms with Crippen LogP contribution in [-0.4, -0.2) is 40.4 Å². The Morgan fingerprint density at radius 2 is 1.90 bits per heavy atom. The molecule has 3 N–H and O–H groups in total. The third-order valence-corrected chi connectivity index (χ3v) is 5.05. The third kappa shape index (κ3) is 3.59. The number of piperidine rings is 1. The van der Waals surface area contributed by atoms with Crippen molar-refractivity contribution < 1.29 is 13.6 Å². The minimum atomic E-state index is -0.884. The van der Waals surface area contributed by atoms with Gasteiger partial charge in [-0.3, -0.25) is 4.79 Å². The van der Waals surface area contributed by atoms with Crippen LogP contribution in [0, 0.1) is 23.0 Å². The molecular weight excluding hydrogens is 402 g/mol. The summed E-state index contributed by atoms with van der Waals surface area (Å²) in [5.74, 6) is -1.50. The maximum atomic E-state index is 14.2. The van der Waals surface area contributed by atoms with Crippen LogP contribution in [0.3, 0.4) is 0 Å². The molecule has 10 heteroatoms. The number of fused-ring (bicyclic) bond motifs is 1. The average Bonchev–Trinajstić information content (AvgIpc) is 2.71. The number of hydrogen-bond acceptors (Lipinski definition) is 6. The van der Waals surface area contributed by atoms with E-state index in [1.54, 1.807) is 11.0 Å². The van der Waals surface area contributed by atoms with Gasteiger partial charge in [0.15, 0.2) is 0 Å². The smallest absolute Gasteiger partial charge is 0.255 e. The number of nitrogens with zero attached hydrogens (tertiary/aromatic N) is 4. The number of benzene rings is 1. The topological polar surface area (TPSA) is 107 Å². The summed E-state index contributed by atoms with van der Waals surface area (Å²) in [7, 11) is 0. The van der Waals surface area contributed by atoms with E-state index in [1.807, 2.05) is 6.07 Å². The van der Waals surface area contributed by atoms with Gasteiger partial charge in [0.1, 0.15) is 34.9 Å². The molecule has 0 radical (unpaired) electrons. The second-order valence-electron chi connectivity index (χ2n) is 6.77. The molecule has 1 fully saturated rings. The number of aliphatic imine (C=N–C) groups is 1. The number of amidine groups is 1. The molecule has 1 spiro atoms. The Bertz CT molecular complexity index is 1030. The van der Waals surface area contributed by atoms with Gasteiger partial charge < -0.3 is 16.0 Å². The largest absolute Gasteiger partial charge is 0.383 e. The highest BCUT2D eigenvalue weighted by atomic mass is 35.5. The standard InChI is InChI=1S/C19H16F2N6O.ClH/c20-13-3-4-14(21)16-15(13)17(23)26-19(25-16)5-7-27(8-6-19)18(28)11-1-2-12(9-22)24-10-11;/h1-4,10,25H,5-8H2,(H2,23,26);1H. The number of halogens is 3. The highest BCUT2D eigenvalue weighted by molar-refractivity contribution is 6.04. The van der Waals surface area contributed by atoms with Gasteiger partial charge in [0.25, 0.3) is 5.91 Å². The molecule has 2 aromatic rings. The maximum absolute atomic E-state index is 14.2. The first kappa shape index (κ1) is 20.5. The molecular formula is C19H17ClF2N6O. The number of amides is 1. The highest BCUT2D eigenvalue weighted by Gasteiger charge is 2.40. The number of anilines is 1. The Hall–Kier alpha value is -3.25. The van der Waals surface area contributed by atoms with Gasteiger partial charge in [-0.05, 0) is 24.3 Å². The fourth-order valence-electron chi connectivity index (χ4n) is 3.56. The number of pyridine rings is 1. The summed E-state index contributed by atoms with van der Waals surface area (Å²) in [4.78, 5) is 22.6. The van der Waals surface area contributed by atoms with E-state index in [-0.39, 0.29) is 41.1 Å². The lowest BCUT2D eigenvalue weighted by atomic mass is 9.93. The summed E-state index contributed by atoms with van der Waals surface area (Å²) in [6.45, 7) is 0.712. The summed E-state index contributed by atoms with van der Waals surface area (Å²) in [5.41, 5.74) is 5.60. The zero-order valence-corrected chi connectivity index (χ0v) is 16.0. The summed E-state index contributed by atoms with van der Waals surface area (Å²) < 4.78 is 28.2. The van der Waals surface area contributed by atoms with E-state index in [4.69, 9.17) is 11.0 Å². The number of nitrogens with two attached hydrogens (primary N) is 1. The number of carbonyl (C=O) groups is 1. The van der Waals surface area contributed by atoms with Gasteiger partial charge in [0.05, 0.1) is 16.8 Å². The second kappa shape index (κ2) is 7.64. The van der Waals surface area contributed by atoms with Crippen LogP contribution in [-0.2, 0) is 0 Å². The molecule has 1 amide bonds. The minimum absolute atomic E-state index is 0. The Kier molecular flexibility index (Phi) is 5.40. The van der Waals surface area contributed by atoms with Crippen molar-refractivity contribution in [2.24, 2.45) is 10.7 Å². The predicted molar refractivity (Wildman–Crippen MR) is 105 cm³/mol. The molecule has 2 aliphatic rings. The molecule has 0 bridgehead atoms. The van der Waals surface area contributed by atoms with E-state index in [2.05, 4.69) is 15.3 Å². The lowest BCUT2D eigenvalue weighted by molar-refractivity contribution is 0.0685. The molecule has 0 aliphatic carbocycles. The van der Waals surface area contributed by atoms with Crippen LogP contribution in [0.2, 0.25) is 0 Å². The summed E-state index contributed by atoms with van der Waals surface area (Å²) in [5, 5.41) is 11.8. The molecule has 1 aromatic heterocycles. The van der Waals surface area contributed by atoms with Gasteiger partial charge in [0.2, 0.25) is 0 Å². The Labute approximate surface area is 171 Å². The first-order chi connectivity index (χ1) is 13.4. The third-order valence-electron chi connectivity index (χ3n) is 5.05. The Morgan fingerprint density at radius 1 is 1.21 bits per heavy atom. The fourth-order valence-corrected chi connectivity index (χ4v) is 3.56. The average molecular weight is 419 g/mol. The number of nitriles is 1. The van der Waals surface area contributed by atoms with Crippen LogP contribution in [0.25, 0.3) is 0 Å². The zero-order chi connectivity index (χ0) is 19.9. The van der Waals surface area contributed by atoms with Gasteiger partial charge in [-0.2, -0.15) is 5.26 Å². The van der Waals surface area contributed by atoms with Gasteiger partial charge in [0, 0.05) is 32.1 Å². The number of rotatable bonds is 1. The van der Waals surface area contributed by atoms with Crippen LogP contribution < -0.4 is 11.1 Å². The van der Waals surface area contributed by atoms with Crippen molar-refractivity contribution in [1.29, 1.82) is 5.26 Å².